The number of nitrogens with zero attached hydrogens (tertiary/aromatic N) is 3. The summed E-state index contributed by atoms with van der Waals surface area (Å²) in [6.07, 6.45) is 5.13. The molecule has 3 heterocycles. The topological polar surface area (TPSA) is 51.8 Å². The maximum atomic E-state index is 5.60. The molecule has 4 nitrogen and oxygen atoms in total. The van der Waals surface area contributed by atoms with Crippen LogP contribution in [0.4, 0.5) is 0 Å². The van der Waals surface area contributed by atoms with Crippen molar-refractivity contribution in [3.05, 3.63) is 42.5 Å². The van der Waals surface area contributed by atoms with E-state index in [0.717, 1.165) is 22.4 Å². The van der Waals surface area contributed by atoms with Gasteiger partial charge in [-0.1, -0.05) is 0 Å². The lowest BCUT2D eigenvalue weighted by Gasteiger charge is -1.94. The molecule has 78 valence electrons. The average Bonchev–Trinajstić information content (AvgIpc) is 2.73. The third kappa shape index (κ3) is 1.44. The highest BCUT2D eigenvalue weighted by molar-refractivity contribution is 5.74. The molecule has 0 bridgehead atoms. The Hall–Kier alpha value is -2.23. The van der Waals surface area contributed by atoms with Gasteiger partial charge in [-0.2, -0.15) is 0 Å². The Balaban J connectivity index is 2.15. The third-order valence-corrected chi connectivity index (χ3v) is 2.35. The van der Waals surface area contributed by atoms with Gasteiger partial charge in [-0.25, -0.2) is 4.98 Å². The zero-order chi connectivity index (χ0) is 11.0. The number of fused-ring (bicyclic) bond motifs is 1. The highest BCUT2D eigenvalue weighted by Crippen LogP contribution is 2.22. The van der Waals surface area contributed by atoms with Gasteiger partial charge in [0.25, 0.3) is 0 Å². The molecule has 0 aliphatic carbocycles. The second-order valence-electron chi connectivity index (χ2n) is 3.55. The zero-order valence-corrected chi connectivity index (χ0v) is 8.71. The van der Waals surface area contributed by atoms with Crippen LogP contribution < -0.4 is 0 Å². The van der Waals surface area contributed by atoms with Gasteiger partial charge in [-0.15, -0.1) is 0 Å². The van der Waals surface area contributed by atoms with Crippen LogP contribution in [-0.4, -0.2) is 15.0 Å². The number of hydrogen-bond acceptors (Lipinski definition) is 4. The number of aromatic nitrogens is 3. The van der Waals surface area contributed by atoms with Crippen molar-refractivity contribution >= 4 is 11.1 Å². The van der Waals surface area contributed by atoms with Gasteiger partial charge in [0.2, 0.25) is 5.89 Å². The maximum absolute atomic E-state index is 5.60. The minimum absolute atomic E-state index is 0.579. The summed E-state index contributed by atoms with van der Waals surface area (Å²) >= 11 is 0. The van der Waals surface area contributed by atoms with Crippen LogP contribution in [0.2, 0.25) is 0 Å². The van der Waals surface area contributed by atoms with Gasteiger partial charge < -0.3 is 4.42 Å². The summed E-state index contributed by atoms with van der Waals surface area (Å²) < 4.78 is 5.60. The predicted octanol–water partition coefficient (Wildman–Crippen LogP) is 2.59. The molecule has 3 aromatic heterocycles. The molecule has 0 spiro atoms. The van der Waals surface area contributed by atoms with E-state index in [0.29, 0.717) is 5.89 Å². The molecular weight excluding hydrogens is 202 g/mol. The van der Waals surface area contributed by atoms with Crippen molar-refractivity contribution in [2.75, 3.05) is 0 Å². The van der Waals surface area contributed by atoms with Crippen molar-refractivity contribution in [2.45, 2.75) is 6.92 Å². The van der Waals surface area contributed by atoms with E-state index in [1.165, 1.54) is 0 Å². The minimum atomic E-state index is 0.579. The Kier molecular flexibility index (Phi) is 1.93. The van der Waals surface area contributed by atoms with Crippen molar-refractivity contribution in [1.82, 2.24) is 15.0 Å². The number of hydrogen-bond donors (Lipinski definition) is 0. The van der Waals surface area contributed by atoms with E-state index in [1.54, 1.807) is 24.7 Å². The van der Waals surface area contributed by atoms with Crippen LogP contribution in [0.15, 0.2) is 41.2 Å². The SMILES string of the molecule is Cc1ccc(-c2nc3cnccc3o2)cn1. The van der Waals surface area contributed by atoms with Crippen LogP contribution in [0, 0.1) is 6.92 Å². The molecule has 0 N–H and O–H groups in total. The zero-order valence-electron chi connectivity index (χ0n) is 8.71. The van der Waals surface area contributed by atoms with Crippen LogP contribution in [-0.2, 0) is 0 Å². The van der Waals surface area contributed by atoms with Crippen molar-refractivity contribution < 1.29 is 4.42 Å². The molecule has 0 radical (unpaired) electrons. The first-order valence-corrected chi connectivity index (χ1v) is 4.96. The molecule has 0 atom stereocenters. The Morgan fingerprint density at radius 2 is 2.06 bits per heavy atom. The van der Waals surface area contributed by atoms with Crippen LogP contribution in [0.5, 0.6) is 0 Å². The van der Waals surface area contributed by atoms with Gasteiger partial charge in [0.05, 0.1) is 11.8 Å². The number of pyridine rings is 2. The summed E-state index contributed by atoms with van der Waals surface area (Å²) in [5, 5.41) is 0. The predicted molar refractivity (Wildman–Crippen MR) is 59.8 cm³/mol. The van der Waals surface area contributed by atoms with E-state index in [-0.39, 0.29) is 0 Å². The van der Waals surface area contributed by atoms with E-state index in [9.17, 15) is 0 Å². The first-order valence-electron chi connectivity index (χ1n) is 4.96. The quantitative estimate of drug-likeness (QED) is 0.620. The van der Waals surface area contributed by atoms with Gasteiger partial charge in [0.15, 0.2) is 5.58 Å². The molecule has 3 aromatic rings. The van der Waals surface area contributed by atoms with Gasteiger partial charge in [-0.05, 0) is 19.1 Å². The molecule has 0 aliphatic rings. The molecule has 0 fully saturated rings. The first kappa shape index (κ1) is 9.03. The fraction of sp³-hybridized carbons (Fsp3) is 0.0833. The lowest BCUT2D eigenvalue weighted by Crippen LogP contribution is -1.82. The van der Waals surface area contributed by atoms with Gasteiger partial charge in [0.1, 0.15) is 5.52 Å². The molecule has 16 heavy (non-hydrogen) atoms. The Bertz CT molecular complexity index is 595. The summed E-state index contributed by atoms with van der Waals surface area (Å²) in [4.78, 5) is 12.5. The average molecular weight is 211 g/mol. The standard InChI is InChI=1S/C12H9N3O/c1-8-2-3-9(6-14-8)12-15-10-7-13-5-4-11(10)16-12/h2-7H,1H3. The van der Waals surface area contributed by atoms with Crippen molar-refractivity contribution in [1.29, 1.82) is 0 Å². The van der Waals surface area contributed by atoms with Gasteiger partial charge in [0, 0.05) is 24.2 Å². The second kappa shape index (κ2) is 3.41. The number of aryl methyl sites for hydroxylation is 1. The third-order valence-electron chi connectivity index (χ3n) is 2.35. The van der Waals surface area contributed by atoms with E-state index >= 15 is 0 Å². The summed E-state index contributed by atoms with van der Waals surface area (Å²) in [6, 6.07) is 5.68. The summed E-state index contributed by atoms with van der Waals surface area (Å²) in [7, 11) is 0. The highest BCUT2D eigenvalue weighted by Gasteiger charge is 2.07. The smallest absolute Gasteiger partial charge is 0.228 e. The first-order chi connectivity index (χ1) is 7.83. The fourth-order valence-electron chi connectivity index (χ4n) is 1.50. The van der Waals surface area contributed by atoms with Crippen LogP contribution in [0.3, 0.4) is 0 Å². The Morgan fingerprint density at radius 1 is 1.12 bits per heavy atom. The van der Waals surface area contributed by atoms with E-state index in [2.05, 4.69) is 15.0 Å². The van der Waals surface area contributed by atoms with Crippen molar-refractivity contribution in [3.63, 3.8) is 0 Å². The molecule has 3 rings (SSSR count). The van der Waals surface area contributed by atoms with E-state index in [4.69, 9.17) is 4.42 Å². The van der Waals surface area contributed by atoms with Crippen LogP contribution in [0.25, 0.3) is 22.6 Å². The van der Waals surface area contributed by atoms with Crippen LogP contribution in [0.1, 0.15) is 5.69 Å². The summed E-state index contributed by atoms with van der Waals surface area (Å²) in [5.41, 5.74) is 3.35. The molecule has 4 heteroatoms. The van der Waals surface area contributed by atoms with Gasteiger partial charge >= 0.3 is 0 Å². The van der Waals surface area contributed by atoms with Gasteiger partial charge in [-0.3, -0.25) is 9.97 Å². The summed E-state index contributed by atoms with van der Waals surface area (Å²) in [5.74, 6) is 0.579. The Labute approximate surface area is 92.0 Å². The molecule has 0 aromatic carbocycles. The normalized spacial score (nSPS) is 10.8. The maximum Gasteiger partial charge on any atom is 0.228 e. The minimum Gasteiger partial charge on any atom is -0.436 e. The van der Waals surface area contributed by atoms with Crippen molar-refractivity contribution in [2.24, 2.45) is 0 Å². The molecule has 0 amide bonds. The molecule has 0 aliphatic heterocycles. The largest absolute Gasteiger partial charge is 0.436 e. The Morgan fingerprint density at radius 3 is 2.81 bits per heavy atom. The molecule has 0 unspecified atom stereocenters. The second-order valence-corrected chi connectivity index (χ2v) is 3.55. The number of rotatable bonds is 1. The highest BCUT2D eigenvalue weighted by atomic mass is 16.3. The van der Waals surface area contributed by atoms with Crippen LogP contribution >= 0.6 is 0 Å². The fourth-order valence-corrected chi connectivity index (χ4v) is 1.50. The lowest BCUT2D eigenvalue weighted by atomic mass is 10.2. The molecule has 0 saturated heterocycles. The summed E-state index contributed by atoms with van der Waals surface area (Å²) in [6.45, 7) is 1.94. The molecule has 0 saturated carbocycles. The van der Waals surface area contributed by atoms with Crippen molar-refractivity contribution in [3.8, 4) is 11.5 Å². The lowest BCUT2D eigenvalue weighted by molar-refractivity contribution is 0.619. The van der Waals surface area contributed by atoms with E-state index in [1.807, 2.05) is 19.1 Å². The number of oxazole rings is 1. The monoisotopic (exact) mass is 211 g/mol. The molecular formula is C12H9N3O. The van der Waals surface area contributed by atoms with E-state index < -0.39 is 0 Å².